The number of aliphatic hydroxyl groups excluding tert-OH is 1. The zero-order valence-corrected chi connectivity index (χ0v) is 21.1. The van der Waals surface area contributed by atoms with Gasteiger partial charge in [0.2, 0.25) is 0 Å². The number of carbonyl (C=O) groups is 1. The Morgan fingerprint density at radius 1 is 0.947 bits per heavy atom. The number of methoxy groups -OCH3 is 1. The fourth-order valence-electron chi connectivity index (χ4n) is 3.75. The van der Waals surface area contributed by atoms with Crippen LogP contribution in [0.25, 0.3) is 0 Å². The van der Waals surface area contributed by atoms with Crippen LogP contribution in [-0.2, 0) is 29.6 Å². The molecule has 1 aliphatic rings. The van der Waals surface area contributed by atoms with Crippen molar-refractivity contribution in [3.05, 3.63) is 80.9 Å². The number of aliphatic hydroxyl groups is 2. The van der Waals surface area contributed by atoms with Crippen LogP contribution in [0.4, 0.5) is 11.4 Å². The summed E-state index contributed by atoms with van der Waals surface area (Å²) in [5.74, 6) is -2.38. The molecule has 0 saturated carbocycles. The van der Waals surface area contributed by atoms with Crippen molar-refractivity contribution in [3.8, 4) is 0 Å². The van der Waals surface area contributed by atoms with Crippen LogP contribution in [0.2, 0.25) is 0 Å². The summed E-state index contributed by atoms with van der Waals surface area (Å²) in [6.07, 6.45) is -0.150. The second-order valence-corrected chi connectivity index (χ2v) is 12.1. The maximum absolute atomic E-state index is 13.5. The zero-order chi connectivity index (χ0) is 28.5. The number of hydrogen-bond acceptors (Lipinski definition) is 12. The molecule has 38 heavy (non-hydrogen) atoms. The van der Waals surface area contributed by atoms with Crippen molar-refractivity contribution >= 4 is 37.4 Å². The molecule has 0 aromatic heterocycles. The van der Waals surface area contributed by atoms with Gasteiger partial charge in [-0.25, -0.2) is 21.6 Å². The topological polar surface area (TPSA) is 225 Å². The third-order valence-electron chi connectivity index (χ3n) is 5.78. The predicted octanol–water partition coefficient (Wildman–Crippen LogP) is 0.724. The first kappa shape index (κ1) is 28.8. The molecule has 0 saturated heterocycles. The lowest BCUT2D eigenvalue weighted by Gasteiger charge is -2.36. The molecular formula is C21H21N3O12S2. The fraction of sp³-hybridized carbons (Fsp3) is 0.286. The van der Waals surface area contributed by atoms with E-state index in [4.69, 9.17) is 0 Å². The van der Waals surface area contributed by atoms with Crippen LogP contribution in [0.5, 0.6) is 0 Å². The average molecular weight is 572 g/mol. The Kier molecular flexibility index (Phi) is 7.99. The van der Waals surface area contributed by atoms with E-state index in [1.54, 1.807) is 0 Å². The highest BCUT2D eigenvalue weighted by Gasteiger charge is 2.49. The van der Waals surface area contributed by atoms with Gasteiger partial charge >= 0.3 is 5.97 Å². The Bertz CT molecular complexity index is 1400. The Balaban J connectivity index is 2.11. The van der Waals surface area contributed by atoms with Gasteiger partial charge in [-0.3, -0.25) is 20.2 Å². The number of benzene rings is 2. The predicted molar refractivity (Wildman–Crippen MR) is 127 cm³/mol. The maximum atomic E-state index is 13.5. The summed E-state index contributed by atoms with van der Waals surface area (Å²) in [6, 6.07) is 6.75. The van der Waals surface area contributed by atoms with Crippen LogP contribution < -0.4 is 0 Å². The minimum atomic E-state index is -4.96. The molecule has 3 rings (SSSR count). The summed E-state index contributed by atoms with van der Waals surface area (Å²) in [6.45, 7) is -0.874. The van der Waals surface area contributed by atoms with E-state index in [2.05, 4.69) is 4.74 Å². The fourth-order valence-corrected chi connectivity index (χ4v) is 7.50. The van der Waals surface area contributed by atoms with Gasteiger partial charge < -0.3 is 14.9 Å². The van der Waals surface area contributed by atoms with Gasteiger partial charge in [-0.05, 0) is 36.6 Å². The van der Waals surface area contributed by atoms with Gasteiger partial charge in [0.25, 0.3) is 31.4 Å². The van der Waals surface area contributed by atoms with Gasteiger partial charge in [-0.1, -0.05) is 15.9 Å². The molecule has 0 radical (unpaired) electrons. The normalized spacial score (nSPS) is 21.7. The molecule has 0 aliphatic heterocycles. The molecule has 2 aromatic rings. The van der Waals surface area contributed by atoms with Crippen molar-refractivity contribution in [2.24, 2.45) is 5.92 Å². The molecule has 0 bridgehead atoms. The quantitative estimate of drug-likeness (QED) is 0.184. The molecule has 2 aromatic carbocycles. The van der Waals surface area contributed by atoms with Crippen LogP contribution >= 0.6 is 0 Å². The van der Waals surface area contributed by atoms with Crippen molar-refractivity contribution in [1.29, 1.82) is 0 Å². The molecule has 3 atom stereocenters. The first-order valence-corrected chi connectivity index (χ1v) is 13.5. The Morgan fingerprint density at radius 2 is 1.37 bits per heavy atom. The molecule has 0 heterocycles. The standard InChI is InChI=1S/C21H21N3O12S2/c1-36-20(26)21(27)12-14(2-11-19(21)25)13-22(37(32,33)17-7-3-15(4-8-17)23(28)29)38(34,35)18-9-5-16(6-10-18)24(30)31/h2-11,14,19,25,27H,12-13H2,1H3/t14?,19-,21+/m1/s1. The monoisotopic (exact) mass is 571 g/mol. The highest BCUT2D eigenvalue weighted by atomic mass is 32.3. The number of hydrogen-bond donors (Lipinski definition) is 2. The molecule has 17 heteroatoms. The maximum Gasteiger partial charge on any atom is 0.340 e. The lowest BCUT2D eigenvalue weighted by molar-refractivity contribution is -0.385. The Labute approximate surface area is 216 Å². The molecule has 0 fully saturated rings. The van der Waals surface area contributed by atoms with Gasteiger partial charge in [-0.2, -0.15) is 0 Å². The molecule has 0 spiro atoms. The lowest BCUT2D eigenvalue weighted by atomic mass is 9.81. The number of rotatable bonds is 9. The second kappa shape index (κ2) is 10.5. The van der Waals surface area contributed by atoms with E-state index >= 15 is 0 Å². The lowest BCUT2D eigenvalue weighted by Crippen LogP contribution is -2.53. The van der Waals surface area contributed by atoms with Crippen LogP contribution in [0.15, 0.2) is 70.5 Å². The molecule has 1 unspecified atom stereocenters. The van der Waals surface area contributed by atoms with E-state index in [0.29, 0.717) is 0 Å². The summed E-state index contributed by atoms with van der Waals surface area (Å²) in [5, 5.41) is 42.7. The highest BCUT2D eigenvalue weighted by Crippen LogP contribution is 2.34. The molecule has 15 nitrogen and oxygen atoms in total. The van der Waals surface area contributed by atoms with Gasteiger partial charge in [-0.15, -0.1) is 0 Å². The van der Waals surface area contributed by atoms with Crippen molar-refractivity contribution in [3.63, 3.8) is 0 Å². The number of nitro benzene ring substituents is 2. The minimum absolute atomic E-state index is 0.0622. The van der Waals surface area contributed by atoms with Gasteiger partial charge in [0, 0.05) is 30.8 Å². The van der Waals surface area contributed by atoms with Crippen molar-refractivity contribution in [2.45, 2.75) is 27.9 Å². The SMILES string of the molecule is COC(=O)[C@]1(O)CC(CN(S(=O)(=O)c2ccc([N+](=O)[O-])cc2)S(=O)(=O)c2ccc([N+](=O)[O-])cc2)C=C[C@H]1O. The molecule has 2 N–H and O–H groups in total. The van der Waals surface area contributed by atoms with Gasteiger partial charge in [0.05, 0.1) is 26.7 Å². The van der Waals surface area contributed by atoms with Crippen molar-refractivity contribution in [2.75, 3.05) is 13.7 Å². The van der Waals surface area contributed by atoms with E-state index in [1.165, 1.54) is 6.08 Å². The minimum Gasteiger partial charge on any atom is -0.467 e. The van der Waals surface area contributed by atoms with Crippen molar-refractivity contribution in [1.82, 2.24) is 3.71 Å². The van der Waals surface area contributed by atoms with Crippen LogP contribution in [-0.4, -0.2) is 71.9 Å². The molecule has 0 amide bonds. The second-order valence-electron chi connectivity index (χ2n) is 8.18. The van der Waals surface area contributed by atoms with E-state index < -0.39 is 87.6 Å². The summed E-state index contributed by atoms with van der Waals surface area (Å²) in [4.78, 5) is 31.2. The number of nitro groups is 2. The highest BCUT2D eigenvalue weighted by molar-refractivity contribution is 8.04. The number of ether oxygens (including phenoxy) is 1. The number of carbonyl (C=O) groups excluding carboxylic acids is 1. The number of nitrogens with zero attached hydrogens (tertiary/aromatic N) is 3. The number of esters is 1. The van der Waals surface area contributed by atoms with Gasteiger partial charge in [0.15, 0.2) is 5.60 Å². The molecule has 1 aliphatic carbocycles. The van der Waals surface area contributed by atoms with E-state index in [0.717, 1.165) is 61.7 Å². The summed E-state index contributed by atoms with van der Waals surface area (Å²) >= 11 is 0. The zero-order valence-electron chi connectivity index (χ0n) is 19.5. The van der Waals surface area contributed by atoms with Crippen LogP contribution in [0.1, 0.15) is 6.42 Å². The average Bonchev–Trinajstić information content (AvgIpc) is 2.88. The Hall–Kier alpha value is -3.77. The number of non-ortho nitro benzene ring substituents is 2. The van der Waals surface area contributed by atoms with Crippen molar-refractivity contribution < 1.29 is 46.4 Å². The Morgan fingerprint density at radius 3 is 1.74 bits per heavy atom. The van der Waals surface area contributed by atoms with Crippen LogP contribution in [0.3, 0.4) is 0 Å². The van der Waals surface area contributed by atoms with E-state index in [-0.39, 0.29) is 3.71 Å². The first-order valence-electron chi connectivity index (χ1n) is 10.6. The summed E-state index contributed by atoms with van der Waals surface area (Å²) < 4.78 is 58.7. The third-order valence-corrected chi connectivity index (χ3v) is 10.1. The molecular weight excluding hydrogens is 550 g/mol. The largest absolute Gasteiger partial charge is 0.467 e. The first-order chi connectivity index (χ1) is 17.6. The third kappa shape index (κ3) is 5.41. The smallest absolute Gasteiger partial charge is 0.340 e. The van der Waals surface area contributed by atoms with Gasteiger partial charge in [0.1, 0.15) is 6.10 Å². The summed E-state index contributed by atoms with van der Waals surface area (Å²) in [7, 11) is -8.97. The van der Waals surface area contributed by atoms with Crippen LogP contribution in [0, 0.1) is 26.1 Å². The van der Waals surface area contributed by atoms with E-state index in [1.807, 2.05) is 0 Å². The molecule has 204 valence electrons. The van der Waals surface area contributed by atoms with E-state index in [9.17, 15) is 52.1 Å². The summed E-state index contributed by atoms with van der Waals surface area (Å²) in [5.41, 5.74) is -3.42. The number of sulfonamides is 2.